The van der Waals surface area contributed by atoms with E-state index in [4.69, 9.17) is 11.0 Å². The lowest BCUT2D eigenvalue weighted by Crippen LogP contribution is -2.23. The standard InChI is InChI=1S/C12H17N3O2/c1-15-5-4-11(16)12(17)8-2-3-10(14)9(6-8)7-13/h2-3,6,11-12,15-17H,4-5,14H2,1H3. The van der Waals surface area contributed by atoms with Crippen molar-refractivity contribution in [1.82, 2.24) is 5.32 Å². The highest BCUT2D eigenvalue weighted by atomic mass is 16.3. The molecule has 1 rings (SSSR count). The Kier molecular flexibility index (Phi) is 4.91. The summed E-state index contributed by atoms with van der Waals surface area (Å²) in [6, 6.07) is 6.62. The van der Waals surface area contributed by atoms with Gasteiger partial charge in [0.25, 0.3) is 0 Å². The normalized spacial score (nSPS) is 14.0. The number of hydrogen-bond acceptors (Lipinski definition) is 5. The van der Waals surface area contributed by atoms with Crippen molar-refractivity contribution in [2.75, 3.05) is 19.3 Å². The first-order valence-electron chi connectivity index (χ1n) is 5.40. The third-order valence-corrected chi connectivity index (χ3v) is 2.59. The number of hydrogen-bond donors (Lipinski definition) is 4. The molecule has 5 N–H and O–H groups in total. The summed E-state index contributed by atoms with van der Waals surface area (Å²) >= 11 is 0. The predicted octanol–water partition coefficient (Wildman–Crippen LogP) is 0.144. The number of benzene rings is 1. The quantitative estimate of drug-likeness (QED) is 0.544. The van der Waals surface area contributed by atoms with Crippen LogP contribution in [0.15, 0.2) is 18.2 Å². The zero-order valence-electron chi connectivity index (χ0n) is 9.72. The Balaban J connectivity index is 2.82. The van der Waals surface area contributed by atoms with Crippen LogP contribution in [0.1, 0.15) is 23.7 Å². The largest absolute Gasteiger partial charge is 0.398 e. The first-order valence-corrected chi connectivity index (χ1v) is 5.40. The van der Waals surface area contributed by atoms with Gasteiger partial charge in [-0.25, -0.2) is 0 Å². The summed E-state index contributed by atoms with van der Waals surface area (Å²) in [5, 5.41) is 31.3. The Hall–Kier alpha value is -1.61. The van der Waals surface area contributed by atoms with Gasteiger partial charge in [-0.1, -0.05) is 6.07 Å². The van der Waals surface area contributed by atoms with Crippen LogP contribution in [0.5, 0.6) is 0 Å². The molecule has 0 spiro atoms. The van der Waals surface area contributed by atoms with Gasteiger partial charge in [0.2, 0.25) is 0 Å². The average Bonchev–Trinajstić information content (AvgIpc) is 2.35. The Morgan fingerprint density at radius 3 is 2.76 bits per heavy atom. The molecule has 2 atom stereocenters. The number of nitrogen functional groups attached to an aromatic ring is 1. The Morgan fingerprint density at radius 1 is 1.47 bits per heavy atom. The van der Waals surface area contributed by atoms with Gasteiger partial charge >= 0.3 is 0 Å². The molecule has 0 fully saturated rings. The van der Waals surface area contributed by atoms with Crippen molar-refractivity contribution in [3.63, 3.8) is 0 Å². The maximum atomic E-state index is 9.90. The van der Waals surface area contributed by atoms with Gasteiger partial charge in [0.05, 0.1) is 11.7 Å². The van der Waals surface area contributed by atoms with Crippen molar-refractivity contribution < 1.29 is 10.2 Å². The van der Waals surface area contributed by atoms with Crippen LogP contribution in [0, 0.1) is 11.3 Å². The van der Waals surface area contributed by atoms with Crippen molar-refractivity contribution >= 4 is 5.69 Å². The first kappa shape index (κ1) is 13.5. The second-order valence-corrected chi connectivity index (χ2v) is 3.86. The van der Waals surface area contributed by atoms with Crippen LogP contribution in [0.4, 0.5) is 5.69 Å². The summed E-state index contributed by atoms with van der Waals surface area (Å²) in [5.41, 5.74) is 6.76. The van der Waals surface area contributed by atoms with Crippen LogP contribution in [0.2, 0.25) is 0 Å². The molecule has 0 heterocycles. The number of aliphatic hydroxyl groups is 2. The lowest BCUT2D eigenvalue weighted by molar-refractivity contribution is 0.0140. The summed E-state index contributed by atoms with van der Waals surface area (Å²) in [7, 11) is 1.77. The molecule has 0 radical (unpaired) electrons. The molecule has 5 heteroatoms. The summed E-state index contributed by atoms with van der Waals surface area (Å²) in [5.74, 6) is 0. The number of aliphatic hydroxyl groups excluding tert-OH is 2. The van der Waals surface area contributed by atoms with E-state index in [1.54, 1.807) is 19.2 Å². The molecule has 1 aromatic carbocycles. The van der Waals surface area contributed by atoms with Gasteiger partial charge in [-0.05, 0) is 37.7 Å². The molecular formula is C12H17N3O2. The van der Waals surface area contributed by atoms with E-state index in [2.05, 4.69) is 5.32 Å². The smallest absolute Gasteiger partial charge is 0.105 e. The third kappa shape index (κ3) is 3.43. The molecule has 0 saturated heterocycles. The van der Waals surface area contributed by atoms with Crippen LogP contribution >= 0.6 is 0 Å². The van der Waals surface area contributed by atoms with Crippen molar-refractivity contribution in [1.29, 1.82) is 5.26 Å². The zero-order valence-corrected chi connectivity index (χ0v) is 9.72. The van der Waals surface area contributed by atoms with Crippen molar-refractivity contribution in [3.8, 4) is 6.07 Å². The minimum Gasteiger partial charge on any atom is -0.398 e. The number of rotatable bonds is 5. The summed E-state index contributed by atoms with van der Waals surface area (Å²) in [4.78, 5) is 0. The Morgan fingerprint density at radius 2 is 2.18 bits per heavy atom. The number of anilines is 1. The lowest BCUT2D eigenvalue weighted by atomic mass is 9.99. The van der Waals surface area contributed by atoms with Gasteiger partial charge in [0.1, 0.15) is 12.2 Å². The Bertz CT molecular complexity index is 415. The molecule has 0 aliphatic rings. The van der Waals surface area contributed by atoms with Gasteiger partial charge in [-0.3, -0.25) is 0 Å². The second kappa shape index (κ2) is 6.21. The SMILES string of the molecule is CNCCC(O)C(O)c1ccc(N)c(C#N)c1. The van der Waals surface area contributed by atoms with Crippen molar-refractivity contribution in [2.45, 2.75) is 18.6 Å². The van der Waals surface area contributed by atoms with Crippen LogP contribution in [0.25, 0.3) is 0 Å². The number of nitriles is 1. The van der Waals surface area contributed by atoms with E-state index >= 15 is 0 Å². The molecular weight excluding hydrogens is 218 g/mol. The van der Waals surface area contributed by atoms with E-state index in [1.165, 1.54) is 6.07 Å². The van der Waals surface area contributed by atoms with E-state index in [1.807, 2.05) is 6.07 Å². The van der Waals surface area contributed by atoms with Gasteiger partial charge in [0, 0.05) is 5.69 Å². The van der Waals surface area contributed by atoms with E-state index < -0.39 is 12.2 Å². The lowest BCUT2D eigenvalue weighted by Gasteiger charge is -2.18. The maximum absolute atomic E-state index is 9.90. The molecule has 0 amide bonds. The second-order valence-electron chi connectivity index (χ2n) is 3.86. The van der Waals surface area contributed by atoms with Crippen LogP contribution < -0.4 is 11.1 Å². The van der Waals surface area contributed by atoms with Crippen molar-refractivity contribution in [2.24, 2.45) is 0 Å². The number of nitrogens with one attached hydrogen (secondary N) is 1. The van der Waals surface area contributed by atoms with Crippen LogP contribution in [-0.4, -0.2) is 29.9 Å². The molecule has 0 saturated carbocycles. The highest BCUT2D eigenvalue weighted by molar-refractivity contribution is 5.55. The van der Waals surface area contributed by atoms with E-state index in [9.17, 15) is 10.2 Å². The van der Waals surface area contributed by atoms with Gasteiger partial charge in [-0.15, -0.1) is 0 Å². The van der Waals surface area contributed by atoms with E-state index in [-0.39, 0.29) is 0 Å². The molecule has 0 bridgehead atoms. The fraction of sp³-hybridized carbons (Fsp3) is 0.417. The molecule has 17 heavy (non-hydrogen) atoms. The zero-order chi connectivity index (χ0) is 12.8. The highest BCUT2D eigenvalue weighted by Crippen LogP contribution is 2.22. The Labute approximate surface area is 100 Å². The molecule has 2 unspecified atom stereocenters. The topological polar surface area (TPSA) is 102 Å². The highest BCUT2D eigenvalue weighted by Gasteiger charge is 2.18. The molecule has 1 aromatic rings. The van der Waals surface area contributed by atoms with Crippen LogP contribution in [0.3, 0.4) is 0 Å². The monoisotopic (exact) mass is 235 g/mol. The fourth-order valence-electron chi connectivity index (χ4n) is 1.53. The average molecular weight is 235 g/mol. The maximum Gasteiger partial charge on any atom is 0.105 e. The van der Waals surface area contributed by atoms with Gasteiger partial charge in [0.15, 0.2) is 0 Å². The van der Waals surface area contributed by atoms with Crippen LogP contribution in [-0.2, 0) is 0 Å². The molecule has 0 aliphatic heterocycles. The molecule has 92 valence electrons. The summed E-state index contributed by atoms with van der Waals surface area (Å²) in [6.07, 6.45) is -1.43. The molecule has 0 aliphatic carbocycles. The van der Waals surface area contributed by atoms with E-state index in [0.29, 0.717) is 29.8 Å². The molecule has 0 aromatic heterocycles. The summed E-state index contributed by atoms with van der Waals surface area (Å²) in [6.45, 7) is 0.609. The van der Waals surface area contributed by atoms with Crippen molar-refractivity contribution in [3.05, 3.63) is 29.3 Å². The number of nitrogens with zero attached hydrogens (tertiary/aromatic N) is 1. The summed E-state index contributed by atoms with van der Waals surface area (Å²) < 4.78 is 0. The predicted molar refractivity (Wildman–Crippen MR) is 65.1 cm³/mol. The molecule has 5 nitrogen and oxygen atoms in total. The minimum absolute atomic E-state index is 0.308. The van der Waals surface area contributed by atoms with Gasteiger partial charge < -0.3 is 21.3 Å². The minimum atomic E-state index is -1.00. The number of nitrogens with two attached hydrogens (primary N) is 1. The first-order chi connectivity index (χ1) is 8.10. The fourth-order valence-corrected chi connectivity index (χ4v) is 1.53. The van der Waals surface area contributed by atoms with Gasteiger partial charge in [-0.2, -0.15) is 5.26 Å². The third-order valence-electron chi connectivity index (χ3n) is 2.59. The van der Waals surface area contributed by atoms with E-state index in [0.717, 1.165) is 0 Å².